The highest BCUT2D eigenvalue weighted by Crippen LogP contribution is 2.29. The number of halogens is 2. The average molecular weight is 410 g/mol. The van der Waals surface area contributed by atoms with Crippen LogP contribution in [-0.2, 0) is 23.5 Å². The molecule has 5 nitrogen and oxygen atoms in total. The maximum atomic E-state index is 12.2. The molecule has 1 heterocycles. The number of aryl methyl sites for hydroxylation is 1. The lowest BCUT2D eigenvalue weighted by Crippen LogP contribution is -2.18. The maximum absolute atomic E-state index is 12.2. The van der Waals surface area contributed by atoms with Crippen molar-refractivity contribution in [3.05, 3.63) is 70.1 Å². The van der Waals surface area contributed by atoms with Gasteiger partial charge in [-0.1, -0.05) is 35.3 Å². The summed E-state index contributed by atoms with van der Waals surface area (Å²) in [5.74, 6) is 0. The summed E-state index contributed by atoms with van der Waals surface area (Å²) in [6.07, 6.45) is 4.10. The van der Waals surface area contributed by atoms with Crippen molar-refractivity contribution in [2.24, 2.45) is 7.05 Å². The molecule has 0 aliphatic carbocycles. The highest BCUT2D eigenvalue weighted by molar-refractivity contribution is 7.89. The first-order valence-electron chi connectivity index (χ1n) is 7.79. The Morgan fingerprint density at radius 3 is 2.50 bits per heavy atom. The molecular weight excluding hydrogens is 393 g/mol. The topological polar surface area (TPSA) is 64.0 Å². The first kappa shape index (κ1) is 18.9. The van der Waals surface area contributed by atoms with Gasteiger partial charge in [0.1, 0.15) is 0 Å². The van der Waals surface area contributed by atoms with Crippen molar-refractivity contribution in [3.63, 3.8) is 0 Å². The Kier molecular flexibility index (Phi) is 5.39. The zero-order valence-corrected chi connectivity index (χ0v) is 16.5. The summed E-state index contributed by atoms with van der Waals surface area (Å²) in [6.45, 7) is 0. The van der Waals surface area contributed by atoms with Gasteiger partial charge in [-0.05, 0) is 48.9 Å². The molecule has 0 saturated heterocycles. The molecule has 8 heteroatoms. The standard InChI is InChI=1S/C18H17Cl2N3O2S/c1-21-26(24,25)14-5-4-13(7-12-3-6-16(19)17(20)8-12)15(9-14)18-10-23(2)11-22-18/h3-6,8-11,21H,7H2,1-2H3. The van der Waals surface area contributed by atoms with E-state index in [4.69, 9.17) is 23.2 Å². The van der Waals surface area contributed by atoms with Gasteiger partial charge in [0.05, 0.1) is 27.0 Å². The minimum atomic E-state index is -3.55. The lowest BCUT2D eigenvalue weighted by atomic mass is 9.98. The van der Waals surface area contributed by atoms with Crippen LogP contribution in [0.15, 0.2) is 53.8 Å². The summed E-state index contributed by atoms with van der Waals surface area (Å²) in [4.78, 5) is 4.56. The zero-order chi connectivity index (χ0) is 18.9. The Bertz CT molecular complexity index is 1060. The third-order valence-electron chi connectivity index (χ3n) is 4.02. The lowest BCUT2D eigenvalue weighted by Gasteiger charge is -2.11. The van der Waals surface area contributed by atoms with Gasteiger partial charge in [0.25, 0.3) is 0 Å². The smallest absolute Gasteiger partial charge is 0.240 e. The Hall–Kier alpha value is -1.86. The largest absolute Gasteiger partial charge is 0.340 e. The summed E-state index contributed by atoms with van der Waals surface area (Å²) < 4.78 is 28.5. The molecule has 1 N–H and O–H groups in total. The van der Waals surface area contributed by atoms with E-state index in [0.717, 1.165) is 16.7 Å². The molecule has 0 bridgehead atoms. The average Bonchev–Trinajstić information content (AvgIpc) is 3.04. The highest BCUT2D eigenvalue weighted by atomic mass is 35.5. The first-order chi connectivity index (χ1) is 12.3. The van der Waals surface area contributed by atoms with Crippen LogP contribution in [0.4, 0.5) is 0 Å². The van der Waals surface area contributed by atoms with Crippen LogP contribution in [-0.4, -0.2) is 25.0 Å². The molecule has 3 aromatic rings. The van der Waals surface area contributed by atoms with E-state index < -0.39 is 10.0 Å². The van der Waals surface area contributed by atoms with E-state index >= 15 is 0 Å². The van der Waals surface area contributed by atoms with Crippen molar-refractivity contribution >= 4 is 33.2 Å². The SMILES string of the molecule is CNS(=O)(=O)c1ccc(Cc2ccc(Cl)c(Cl)c2)c(-c2cn(C)cn2)c1. The summed E-state index contributed by atoms with van der Waals surface area (Å²) in [6, 6.07) is 10.5. The van der Waals surface area contributed by atoms with Crippen molar-refractivity contribution < 1.29 is 8.42 Å². The molecule has 0 radical (unpaired) electrons. The van der Waals surface area contributed by atoms with Gasteiger partial charge >= 0.3 is 0 Å². The van der Waals surface area contributed by atoms with Crippen LogP contribution in [0, 0.1) is 0 Å². The van der Waals surface area contributed by atoms with Gasteiger partial charge in [0, 0.05) is 18.8 Å². The number of sulfonamides is 1. The molecule has 0 amide bonds. The molecule has 0 atom stereocenters. The van der Waals surface area contributed by atoms with Crippen molar-refractivity contribution in [2.45, 2.75) is 11.3 Å². The Balaban J connectivity index is 2.10. The second kappa shape index (κ2) is 7.40. The van der Waals surface area contributed by atoms with E-state index in [1.54, 1.807) is 30.6 Å². The van der Waals surface area contributed by atoms with Crippen molar-refractivity contribution in [3.8, 4) is 11.3 Å². The fraction of sp³-hybridized carbons (Fsp3) is 0.167. The van der Waals surface area contributed by atoms with Gasteiger partial charge in [-0.2, -0.15) is 0 Å². The van der Waals surface area contributed by atoms with Crippen LogP contribution < -0.4 is 4.72 Å². The van der Waals surface area contributed by atoms with E-state index in [2.05, 4.69) is 9.71 Å². The molecule has 0 fully saturated rings. The number of imidazole rings is 1. The maximum Gasteiger partial charge on any atom is 0.240 e. The van der Waals surface area contributed by atoms with Crippen LogP contribution in [0.25, 0.3) is 11.3 Å². The normalized spacial score (nSPS) is 11.7. The van der Waals surface area contributed by atoms with E-state index in [0.29, 0.717) is 22.2 Å². The van der Waals surface area contributed by atoms with Crippen LogP contribution in [0.1, 0.15) is 11.1 Å². The fourth-order valence-electron chi connectivity index (χ4n) is 2.65. The molecular formula is C18H17Cl2N3O2S. The monoisotopic (exact) mass is 409 g/mol. The summed E-state index contributed by atoms with van der Waals surface area (Å²) in [5, 5.41) is 0.980. The summed E-state index contributed by atoms with van der Waals surface area (Å²) in [7, 11) is -0.294. The predicted octanol–water partition coefficient (Wildman–Crippen LogP) is 3.89. The number of hydrogen-bond donors (Lipinski definition) is 1. The number of rotatable bonds is 5. The zero-order valence-electron chi connectivity index (χ0n) is 14.2. The van der Waals surface area contributed by atoms with Crippen LogP contribution in [0.5, 0.6) is 0 Å². The lowest BCUT2D eigenvalue weighted by molar-refractivity contribution is 0.588. The van der Waals surface area contributed by atoms with E-state index in [1.165, 1.54) is 7.05 Å². The summed E-state index contributed by atoms with van der Waals surface area (Å²) in [5.41, 5.74) is 3.38. The number of nitrogens with one attached hydrogen (secondary N) is 1. The Morgan fingerprint density at radius 2 is 1.88 bits per heavy atom. The molecule has 0 unspecified atom stereocenters. The molecule has 2 aromatic carbocycles. The second-order valence-corrected chi connectivity index (χ2v) is 8.58. The predicted molar refractivity (Wildman–Crippen MR) is 104 cm³/mol. The van der Waals surface area contributed by atoms with Gasteiger partial charge in [-0.25, -0.2) is 18.1 Å². The Labute approximate surface area is 162 Å². The first-order valence-corrected chi connectivity index (χ1v) is 10.0. The van der Waals surface area contributed by atoms with Crippen molar-refractivity contribution in [1.29, 1.82) is 0 Å². The molecule has 26 heavy (non-hydrogen) atoms. The van der Waals surface area contributed by atoms with Gasteiger partial charge in [-0.15, -0.1) is 0 Å². The van der Waals surface area contributed by atoms with Crippen LogP contribution in [0.2, 0.25) is 10.0 Å². The van der Waals surface area contributed by atoms with Crippen LogP contribution >= 0.6 is 23.2 Å². The van der Waals surface area contributed by atoms with E-state index in [-0.39, 0.29) is 4.90 Å². The minimum Gasteiger partial charge on any atom is -0.340 e. The second-order valence-electron chi connectivity index (χ2n) is 5.88. The molecule has 0 aliphatic rings. The van der Waals surface area contributed by atoms with E-state index in [9.17, 15) is 8.42 Å². The molecule has 1 aromatic heterocycles. The minimum absolute atomic E-state index is 0.193. The van der Waals surface area contributed by atoms with Crippen molar-refractivity contribution in [2.75, 3.05) is 7.05 Å². The molecule has 0 aliphatic heterocycles. The van der Waals surface area contributed by atoms with Crippen molar-refractivity contribution in [1.82, 2.24) is 14.3 Å². The Morgan fingerprint density at radius 1 is 1.12 bits per heavy atom. The fourth-order valence-corrected chi connectivity index (χ4v) is 3.73. The molecule has 3 rings (SSSR count). The van der Waals surface area contributed by atoms with Gasteiger partial charge in [0.15, 0.2) is 0 Å². The molecule has 0 saturated carbocycles. The number of benzene rings is 2. The molecule has 136 valence electrons. The quantitative estimate of drug-likeness (QED) is 0.694. The third-order valence-corrected chi connectivity index (χ3v) is 6.17. The van der Waals surface area contributed by atoms with Gasteiger partial charge in [0.2, 0.25) is 10.0 Å². The van der Waals surface area contributed by atoms with E-state index in [1.807, 2.05) is 29.9 Å². The van der Waals surface area contributed by atoms with Gasteiger partial charge in [-0.3, -0.25) is 0 Å². The van der Waals surface area contributed by atoms with Crippen LogP contribution in [0.3, 0.4) is 0 Å². The number of hydrogen-bond acceptors (Lipinski definition) is 3. The highest BCUT2D eigenvalue weighted by Gasteiger charge is 2.16. The number of aromatic nitrogens is 2. The third kappa shape index (κ3) is 3.94. The summed E-state index contributed by atoms with van der Waals surface area (Å²) >= 11 is 12.1. The number of nitrogens with zero attached hydrogens (tertiary/aromatic N) is 2. The molecule has 0 spiro atoms. The van der Waals surface area contributed by atoms with Gasteiger partial charge < -0.3 is 4.57 Å².